The number of carbonyl (C=O) groups is 2. The van der Waals surface area contributed by atoms with Crippen LogP contribution in [0.4, 0.5) is 11.4 Å². The van der Waals surface area contributed by atoms with Crippen molar-refractivity contribution < 1.29 is 19.1 Å². The van der Waals surface area contributed by atoms with E-state index in [2.05, 4.69) is 5.32 Å². The topological polar surface area (TPSA) is 67.9 Å². The Balaban J connectivity index is 2.16. The molecule has 24 heavy (non-hydrogen) atoms. The number of nitrogens with one attached hydrogen (secondary N) is 1. The Labute approximate surface area is 141 Å². The van der Waals surface area contributed by atoms with Crippen LogP contribution in [0, 0.1) is 0 Å². The number of ether oxygens (including phenoxy) is 2. The summed E-state index contributed by atoms with van der Waals surface area (Å²) in [6, 6.07) is 14.1. The first-order valence-electron chi connectivity index (χ1n) is 7.40. The molecule has 0 aliphatic heterocycles. The van der Waals surface area contributed by atoms with E-state index in [1.54, 1.807) is 37.4 Å². The summed E-state index contributed by atoms with van der Waals surface area (Å²) < 4.78 is 10.4. The van der Waals surface area contributed by atoms with Gasteiger partial charge in [0.15, 0.2) is 0 Å². The smallest absolute Gasteiger partial charge is 0.244 e. The molecule has 0 aromatic heterocycles. The fourth-order valence-corrected chi connectivity index (χ4v) is 2.24. The number of amides is 2. The first-order chi connectivity index (χ1) is 11.5. The first kappa shape index (κ1) is 17.3. The Bertz CT molecular complexity index is 716. The molecule has 0 saturated heterocycles. The highest BCUT2D eigenvalue weighted by atomic mass is 16.5. The molecule has 6 heteroatoms. The monoisotopic (exact) mass is 328 g/mol. The molecule has 0 radical (unpaired) electrons. The highest BCUT2D eigenvalue weighted by molar-refractivity contribution is 6.02. The molecule has 0 saturated carbocycles. The summed E-state index contributed by atoms with van der Waals surface area (Å²) in [6.07, 6.45) is 0. The van der Waals surface area contributed by atoms with E-state index in [0.717, 1.165) is 0 Å². The number of para-hydroxylation sites is 1. The molecule has 0 spiro atoms. The number of rotatable bonds is 6. The van der Waals surface area contributed by atoms with E-state index in [9.17, 15) is 9.59 Å². The number of hydrogen-bond acceptors (Lipinski definition) is 4. The number of hydrogen-bond donors (Lipinski definition) is 1. The van der Waals surface area contributed by atoms with Crippen LogP contribution in [-0.4, -0.2) is 32.6 Å². The van der Waals surface area contributed by atoms with Crippen LogP contribution >= 0.6 is 0 Å². The fourth-order valence-electron chi connectivity index (χ4n) is 2.24. The van der Waals surface area contributed by atoms with Crippen molar-refractivity contribution >= 4 is 23.2 Å². The van der Waals surface area contributed by atoms with Gasteiger partial charge in [0, 0.05) is 18.7 Å². The molecular formula is C18H20N2O4. The lowest BCUT2D eigenvalue weighted by molar-refractivity contribution is -0.120. The summed E-state index contributed by atoms with van der Waals surface area (Å²) in [4.78, 5) is 25.6. The van der Waals surface area contributed by atoms with Crippen molar-refractivity contribution in [2.75, 3.05) is 31.0 Å². The third-order valence-electron chi connectivity index (χ3n) is 3.43. The molecule has 126 valence electrons. The molecule has 2 amide bonds. The van der Waals surface area contributed by atoms with Crippen molar-refractivity contribution in [2.45, 2.75) is 6.92 Å². The third kappa shape index (κ3) is 4.25. The number of anilines is 2. The predicted molar refractivity (Wildman–Crippen MR) is 92.6 cm³/mol. The quantitative estimate of drug-likeness (QED) is 0.885. The zero-order chi connectivity index (χ0) is 17.5. The minimum atomic E-state index is -0.333. The van der Waals surface area contributed by atoms with Crippen molar-refractivity contribution in [1.29, 1.82) is 0 Å². The normalized spacial score (nSPS) is 9.96. The average molecular weight is 328 g/mol. The van der Waals surface area contributed by atoms with Crippen LogP contribution in [0.2, 0.25) is 0 Å². The maximum absolute atomic E-state index is 12.4. The van der Waals surface area contributed by atoms with Gasteiger partial charge < -0.3 is 19.7 Å². The summed E-state index contributed by atoms with van der Waals surface area (Å²) in [6.45, 7) is 1.33. The molecule has 0 heterocycles. The number of carbonyl (C=O) groups excluding carboxylic acids is 2. The van der Waals surface area contributed by atoms with Gasteiger partial charge in [-0.15, -0.1) is 0 Å². The molecule has 2 rings (SSSR count). The molecule has 0 aliphatic carbocycles. The van der Waals surface area contributed by atoms with Crippen LogP contribution in [0.3, 0.4) is 0 Å². The van der Waals surface area contributed by atoms with Crippen molar-refractivity contribution in [2.24, 2.45) is 0 Å². The summed E-state index contributed by atoms with van der Waals surface area (Å²) in [5.74, 6) is 0.561. The van der Waals surface area contributed by atoms with Crippen LogP contribution in [0.25, 0.3) is 0 Å². The number of benzene rings is 2. The molecule has 2 aromatic rings. The van der Waals surface area contributed by atoms with E-state index in [1.165, 1.54) is 18.9 Å². The van der Waals surface area contributed by atoms with E-state index < -0.39 is 0 Å². The lowest BCUT2D eigenvalue weighted by Gasteiger charge is -2.21. The molecule has 2 aromatic carbocycles. The van der Waals surface area contributed by atoms with Crippen LogP contribution in [0.5, 0.6) is 11.5 Å². The minimum Gasteiger partial charge on any atom is -0.497 e. The molecule has 1 N–H and O–H groups in total. The molecule has 0 aliphatic rings. The van der Waals surface area contributed by atoms with Gasteiger partial charge in [-0.3, -0.25) is 9.59 Å². The largest absolute Gasteiger partial charge is 0.497 e. The summed E-state index contributed by atoms with van der Waals surface area (Å²) in [5, 5.41) is 2.75. The molecule has 0 bridgehead atoms. The van der Waals surface area contributed by atoms with Crippen LogP contribution in [-0.2, 0) is 9.59 Å². The maximum atomic E-state index is 12.4. The van der Waals surface area contributed by atoms with E-state index >= 15 is 0 Å². The SMILES string of the molecule is COc1ccc(OC)c(NC(=O)CN(C(C)=O)c2ccccc2)c1. The maximum Gasteiger partial charge on any atom is 0.244 e. The average Bonchev–Trinajstić information content (AvgIpc) is 2.60. The highest BCUT2D eigenvalue weighted by Gasteiger charge is 2.17. The zero-order valence-corrected chi connectivity index (χ0v) is 13.9. The molecular weight excluding hydrogens is 308 g/mol. The fraction of sp³-hybridized carbons (Fsp3) is 0.222. The lowest BCUT2D eigenvalue weighted by Crippen LogP contribution is -2.36. The van der Waals surface area contributed by atoms with E-state index in [1.807, 2.05) is 18.2 Å². The van der Waals surface area contributed by atoms with Crippen LogP contribution < -0.4 is 19.7 Å². The van der Waals surface area contributed by atoms with E-state index in [0.29, 0.717) is 22.9 Å². The molecule has 0 atom stereocenters. The van der Waals surface area contributed by atoms with Gasteiger partial charge in [-0.05, 0) is 24.3 Å². The van der Waals surface area contributed by atoms with Crippen molar-refractivity contribution in [3.63, 3.8) is 0 Å². The van der Waals surface area contributed by atoms with Gasteiger partial charge in [0.2, 0.25) is 11.8 Å². The lowest BCUT2D eigenvalue weighted by atomic mass is 10.2. The van der Waals surface area contributed by atoms with Gasteiger partial charge in [-0.25, -0.2) is 0 Å². The standard InChI is InChI=1S/C18H20N2O4/c1-13(21)20(14-7-5-4-6-8-14)12-18(22)19-16-11-15(23-2)9-10-17(16)24-3/h4-11H,12H2,1-3H3,(H,19,22). The summed E-state index contributed by atoms with van der Waals surface area (Å²) in [5.41, 5.74) is 1.15. The van der Waals surface area contributed by atoms with Crippen LogP contribution in [0.1, 0.15) is 6.92 Å². The second-order valence-electron chi connectivity index (χ2n) is 5.06. The Morgan fingerprint density at radius 2 is 1.75 bits per heavy atom. The minimum absolute atomic E-state index is 0.0975. The Hall–Kier alpha value is -3.02. The van der Waals surface area contributed by atoms with Gasteiger partial charge in [0.1, 0.15) is 18.0 Å². The Morgan fingerprint density at radius 3 is 2.33 bits per heavy atom. The van der Waals surface area contributed by atoms with E-state index in [4.69, 9.17) is 9.47 Å². The van der Waals surface area contributed by atoms with E-state index in [-0.39, 0.29) is 18.4 Å². The second kappa shape index (κ2) is 8.01. The summed E-state index contributed by atoms with van der Waals surface area (Å²) in [7, 11) is 3.06. The number of nitrogens with zero attached hydrogens (tertiary/aromatic N) is 1. The van der Waals surface area contributed by atoms with Gasteiger partial charge >= 0.3 is 0 Å². The van der Waals surface area contributed by atoms with Gasteiger partial charge in [0.05, 0.1) is 19.9 Å². The van der Waals surface area contributed by atoms with Gasteiger partial charge in [0.25, 0.3) is 0 Å². The highest BCUT2D eigenvalue weighted by Crippen LogP contribution is 2.28. The zero-order valence-electron chi connectivity index (χ0n) is 13.9. The molecule has 6 nitrogen and oxygen atoms in total. The third-order valence-corrected chi connectivity index (χ3v) is 3.43. The van der Waals surface area contributed by atoms with Gasteiger partial charge in [-0.2, -0.15) is 0 Å². The van der Waals surface area contributed by atoms with Crippen molar-refractivity contribution in [3.05, 3.63) is 48.5 Å². The second-order valence-corrected chi connectivity index (χ2v) is 5.06. The predicted octanol–water partition coefficient (Wildman–Crippen LogP) is 2.70. The number of methoxy groups -OCH3 is 2. The Kier molecular flexibility index (Phi) is 5.78. The van der Waals surface area contributed by atoms with Crippen molar-refractivity contribution in [1.82, 2.24) is 0 Å². The first-order valence-corrected chi connectivity index (χ1v) is 7.40. The van der Waals surface area contributed by atoms with Gasteiger partial charge in [-0.1, -0.05) is 18.2 Å². The van der Waals surface area contributed by atoms with Crippen LogP contribution in [0.15, 0.2) is 48.5 Å². The summed E-state index contributed by atoms with van der Waals surface area (Å²) >= 11 is 0. The molecule has 0 fully saturated rings. The van der Waals surface area contributed by atoms with Crippen molar-refractivity contribution in [3.8, 4) is 11.5 Å². The Morgan fingerprint density at radius 1 is 1.04 bits per heavy atom. The molecule has 0 unspecified atom stereocenters.